The lowest BCUT2D eigenvalue weighted by atomic mass is 9.33. The molecule has 10 aromatic rings. The summed E-state index contributed by atoms with van der Waals surface area (Å²) in [6, 6.07) is 75.9. The Kier molecular flexibility index (Phi) is 7.64. The zero-order valence-electron chi connectivity index (χ0n) is 32.2. The molecule has 0 amide bonds. The molecule has 0 fully saturated rings. The molecular formula is C55H36BN3. The van der Waals surface area contributed by atoms with Crippen molar-refractivity contribution in [3.63, 3.8) is 0 Å². The molecule has 3 heterocycles. The Morgan fingerprint density at radius 3 is 1.12 bits per heavy atom. The molecule has 0 N–H and O–H groups in total. The van der Waals surface area contributed by atoms with E-state index >= 15 is 0 Å². The van der Waals surface area contributed by atoms with Gasteiger partial charge in [-0.25, -0.2) is 0 Å². The molecule has 0 aliphatic carbocycles. The van der Waals surface area contributed by atoms with E-state index in [2.05, 4.69) is 221 Å². The normalized spacial score (nSPS) is 12.6. The molecule has 3 nitrogen and oxygen atoms in total. The summed E-state index contributed by atoms with van der Waals surface area (Å²) in [5, 5.41) is 4.93. The van der Waals surface area contributed by atoms with Crippen LogP contribution in [0.15, 0.2) is 219 Å². The highest BCUT2D eigenvalue weighted by Crippen LogP contribution is 2.47. The highest BCUT2D eigenvalue weighted by Gasteiger charge is 2.44. The van der Waals surface area contributed by atoms with Crippen molar-refractivity contribution in [3.05, 3.63) is 219 Å². The first-order valence-electron chi connectivity index (χ1n) is 20.3. The van der Waals surface area contributed by atoms with Crippen molar-refractivity contribution in [2.24, 2.45) is 0 Å². The smallest absolute Gasteiger partial charge is 0.252 e. The second-order valence-electron chi connectivity index (χ2n) is 15.6. The van der Waals surface area contributed by atoms with E-state index in [1.165, 1.54) is 82.9 Å². The Morgan fingerprint density at radius 2 is 0.678 bits per heavy atom. The minimum absolute atomic E-state index is 0.00890. The van der Waals surface area contributed by atoms with Crippen molar-refractivity contribution in [1.82, 2.24) is 4.98 Å². The molecule has 12 rings (SSSR count). The molecule has 0 unspecified atom stereocenters. The lowest BCUT2D eigenvalue weighted by Gasteiger charge is -2.44. The van der Waals surface area contributed by atoms with Crippen LogP contribution in [-0.2, 0) is 0 Å². The third-order valence-electron chi connectivity index (χ3n) is 12.3. The molecule has 4 heteroatoms. The van der Waals surface area contributed by atoms with Crippen LogP contribution in [0.1, 0.15) is 0 Å². The number of anilines is 6. The maximum Gasteiger partial charge on any atom is 0.252 e. The number of hydrogen-bond donors (Lipinski definition) is 0. The quantitative estimate of drug-likeness (QED) is 0.163. The van der Waals surface area contributed by atoms with Crippen molar-refractivity contribution < 1.29 is 0 Å². The molecule has 0 radical (unpaired) electrons. The summed E-state index contributed by atoms with van der Waals surface area (Å²) >= 11 is 0. The maximum atomic E-state index is 4.41. The van der Waals surface area contributed by atoms with E-state index in [1.54, 1.807) is 0 Å². The highest BCUT2D eigenvalue weighted by molar-refractivity contribution is 7.00. The average Bonchev–Trinajstić information content (AvgIpc) is 3.31. The summed E-state index contributed by atoms with van der Waals surface area (Å²) in [6.07, 6.45) is 3.79. The first-order chi connectivity index (χ1) is 29.2. The van der Waals surface area contributed by atoms with Crippen LogP contribution in [0, 0.1) is 0 Å². The van der Waals surface area contributed by atoms with Crippen LogP contribution in [0.2, 0.25) is 0 Å². The Balaban J connectivity index is 1.17. The van der Waals surface area contributed by atoms with Crippen LogP contribution >= 0.6 is 0 Å². The van der Waals surface area contributed by atoms with Gasteiger partial charge in [0, 0.05) is 46.5 Å². The summed E-state index contributed by atoms with van der Waals surface area (Å²) in [5.74, 6) is 0. The second-order valence-corrected chi connectivity index (χ2v) is 15.6. The maximum absolute atomic E-state index is 4.41. The molecule has 0 spiro atoms. The van der Waals surface area contributed by atoms with Gasteiger partial charge in [-0.1, -0.05) is 146 Å². The first-order valence-corrected chi connectivity index (χ1v) is 20.3. The summed E-state index contributed by atoms with van der Waals surface area (Å²) in [4.78, 5) is 9.44. The molecule has 9 aromatic carbocycles. The molecule has 1 aromatic heterocycles. The standard InChI is InChI=1S/C55H36BN3/c1-3-11-37(12-4-1)39-19-23-47(24-20-39)58-51-33-44-17-9-7-15-42(44)31-49(51)56-50-32-43-16-8-10-18-45(43)34-52(50)59(48-25-21-40(22-26-48)38-13-5-2-6-14-38)54-36-46(35-53(58)55(54)56)41-27-29-57-30-28-41/h1-36H. The monoisotopic (exact) mass is 749 g/mol. The summed E-state index contributed by atoms with van der Waals surface area (Å²) in [5.41, 5.74) is 18.0. The van der Waals surface area contributed by atoms with E-state index in [-0.39, 0.29) is 6.71 Å². The van der Waals surface area contributed by atoms with Gasteiger partial charge in [-0.2, -0.15) is 0 Å². The number of benzene rings is 9. The zero-order chi connectivity index (χ0) is 38.9. The largest absolute Gasteiger partial charge is 0.311 e. The van der Waals surface area contributed by atoms with E-state index < -0.39 is 0 Å². The van der Waals surface area contributed by atoms with Gasteiger partial charge in [0.25, 0.3) is 6.71 Å². The number of hydrogen-bond acceptors (Lipinski definition) is 3. The molecule has 2 aliphatic rings. The van der Waals surface area contributed by atoms with Crippen LogP contribution < -0.4 is 26.2 Å². The van der Waals surface area contributed by atoms with Gasteiger partial charge in [-0.3, -0.25) is 4.98 Å². The van der Waals surface area contributed by atoms with E-state index in [0.717, 1.165) is 22.5 Å². The Labute approximate surface area is 344 Å². The number of rotatable bonds is 5. The Morgan fingerprint density at radius 1 is 0.305 bits per heavy atom. The van der Waals surface area contributed by atoms with E-state index in [4.69, 9.17) is 0 Å². The van der Waals surface area contributed by atoms with Crippen LogP contribution in [0.4, 0.5) is 34.1 Å². The molecule has 59 heavy (non-hydrogen) atoms. The summed E-state index contributed by atoms with van der Waals surface area (Å²) in [7, 11) is 0. The number of aromatic nitrogens is 1. The molecule has 0 atom stereocenters. The molecular weight excluding hydrogens is 713 g/mol. The SMILES string of the molecule is c1ccc(-c2ccc(N3c4cc5ccccc5cc4B4c5cc6ccccc6cc5N(c5ccc(-c6ccccc6)cc5)c5cc(-c6ccncc6)cc3c54)cc2)cc1. The van der Waals surface area contributed by atoms with Crippen molar-refractivity contribution in [2.45, 2.75) is 0 Å². The number of fused-ring (bicyclic) bond motifs is 6. The van der Waals surface area contributed by atoms with Crippen molar-refractivity contribution >= 4 is 78.8 Å². The fourth-order valence-corrected chi connectivity index (χ4v) is 9.50. The van der Waals surface area contributed by atoms with Crippen molar-refractivity contribution in [3.8, 4) is 33.4 Å². The van der Waals surface area contributed by atoms with Crippen LogP contribution in [-0.4, -0.2) is 11.7 Å². The van der Waals surface area contributed by atoms with Gasteiger partial charge in [-0.05, 0) is 132 Å². The van der Waals surface area contributed by atoms with E-state index in [9.17, 15) is 0 Å². The molecule has 2 aliphatic heterocycles. The van der Waals surface area contributed by atoms with Gasteiger partial charge in [0.2, 0.25) is 0 Å². The fraction of sp³-hybridized carbons (Fsp3) is 0. The van der Waals surface area contributed by atoms with E-state index in [1.807, 2.05) is 12.4 Å². The highest BCUT2D eigenvalue weighted by atomic mass is 15.2. The second kappa shape index (κ2) is 13.5. The van der Waals surface area contributed by atoms with Gasteiger partial charge >= 0.3 is 0 Å². The predicted molar refractivity (Wildman–Crippen MR) is 250 cm³/mol. The Hall–Kier alpha value is -7.69. The average molecular weight is 750 g/mol. The van der Waals surface area contributed by atoms with Crippen molar-refractivity contribution in [2.75, 3.05) is 9.80 Å². The predicted octanol–water partition coefficient (Wildman–Crippen LogP) is 12.5. The molecule has 0 saturated heterocycles. The van der Waals surface area contributed by atoms with Crippen molar-refractivity contribution in [1.29, 1.82) is 0 Å². The lowest BCUT2D eigenvalue weighted by Crippen LogP contribution is -2.61. The van der Waals surface area contributed by atoms with Gasteiger partial charge in [0.15, 0.2) is 0 Å². The molecule has 0 saturated carbocycles. The summed E-state index contributed by atoms with van der Waals surface area (Å²) in [6.45, 7) is -0.00890. The Bertz CT molecular complexity index is 3010. The minimum Gasteiger partial charge on any atom is -0.311 e. The van der Waals surface area contributed by atoms with Crippen LogP contribution in [0.5, 0.6) is 0 Å². The molecule has 274 valence electrons. The minimum atomic E-state index is -0.00890. The van der Waals surface area contributed by atoms with Gasteiger partial charge < -0.3 is 9.80 Å². The molecule has 0 bridgehead atoms. The third kappa shape index (κ3) is 5.49. The van der Waals surface area contributed by atoms with Crippen LogP contribution in [0.25, 0.3) is 54.9 Å². The number of nitrogens with zero attached hydrogens (tertiary/aromatic N) is 3. The van der Waals surface area contributed by atoms with Gasteiger partial charge in [0.1, 0.15) is 0 Å². The third-order valence-corrected chi connectivity index (χ3v) is 12.3. The first kappa shape index (κ1) is 33.5. The van der Waals surface area contributed by atoms with Gasteiger partial charge in [0.05, 0.1) is 0 Å². The van der Waals surface area contributed by atoms with Gasteiger partial charge in [-0.15, -0.1) is 0 Å². The van der Waals surface area contributed by atoms with E-state index in [0.29, 0.717) is 0 Å². The fourth-order valence-electron chi connectivity index (χ4n) is 9.50. The number of pyridine rings is 1. The zero-order valence-corrected chi connectivity index (χ0v) is 32.2. The van der Waals surface area contributed by atoms with Crippen LogP contribution in [0.3, 0.4) is 0 Å². The summed E-state index contributed by atoms with van der Waals surface area (Å²) < 4.78 is 0. The topological polar surface area (TPSA) is 19.4 Å². The lowest BCUT2D eigenvalue weighted by molar-refractivity contribution is 1.26.